The molecule has 0 spiro atoms. The van der Waals surface area contributed by atoms with Gasteiger partial charge in [0.25, 0.3) is 0 Å². The van der Waals surface area contributed by atoms with Gasteiger partial charge in [0, 0.05) is 13.2 Å². The van der Waals surface area contributed by atoms with Gasteiger partial charge in [-0.2, -0.15) is 10.4 Å². The average Bonchev–Trinajstić information content (AvgIpc) is 2.66. The van der Waals surface area contributed by atoms with Crippen molar-refractivity contribution in [2.24, 2.45) is 13.0 Å². The Morgan fingerprint density at radius 1 is 1.62 bits per heavy atom. The van der Waals surface area contributed by atoms with E-state index in [1.807, 2.05) is 13.8 Å². The molecule has 16 heavy (non-hydrogen) atoms. The summed E-state index contributed by atoms with van der Waals surface area (Å²) in [5.74, 6) is -0.617. The van der Waals surface area contributed by atoms with E-state index in [2.05, 4.69) is 11.2 Å². The van der Waals surface area contributed by atoms with E-state index >= 15 is 0 Å². The van der Waals surface area contributed by atoms with Crippen LogP contribution in [0.5, 0.6) is 0 Å². The Balaban J connectivity index is 2.99. The van der Waals surface area contributed by atoms with Crippen molar-refractivity contribution in [1.82, 2.24) is 9.78 Å². The summed E-state index contributed by atoms with van der Waals surface area (Å²) in [5.41, 5.74) is 1.38. The monoisotopic (exact) mass is 219 g/mol. The Morgan fingerprint density at radius 2 is 2.31 bits per heavy atom. The van der Waals surface area contributed by atoms with E-state index in [9.17, 15) is 4.79 Å². The molecule has 1 aromatic rings. The molecule has 1 atom stereocenters. The van der Waals surface area contributed by atoms with Crippen LogP contribution in [0.25, 0.3) is 0 Å². The zero-order valence-electron chi connectivity index (χ0n) is 10.0. The van der Waals surface area contributed by atoms with Gasteiger partial charge in [-0.1, -0.05) is 20.3 Å². The zero-order chi connectivity index (χ0) is 12.1. The summed E-state index contributed by atoms with van der Waals surface area (Å²) in [6, 6.07) is 2.08. The van der Waals surface area contributed by atoms with Gasteiger partial charge in [0.2, 0.25) is 0 Å². The summed E-state index contributed by atoms with van der Waals surface area (Å²) in [4.78, 5) is 12.1. The van der Waals surface area contributed by atoms with Crippen LogP contribution in [0.15, 0.2) is 6.20 Å². The van der Waals surface area contributed by atoms with Gasteiger partial charge in [0.05, 0.1) is 17.3 Å². The highest BCUT2D eigenvalue weighted by atomic mass is 16.1. The second kappa shape index (κ2) is 5.45. The lowest BCUT2D eigenvalue weighted by Gasteiger charge is -2.05. The first kappa shape index (κ1) is 12.4. The number of Topliss-reactive ketones (excluding diaryl/α,β-unsaturated/α-hetero) is 1. The van der Waals surface area contributed by atoms with Crippen molar-refractivity contribution in [1.29, 1.82) is 5.26 Å². The van der Waals surface area contributed by atoms with Gasteiger partial charge >= 0.3 is 0 Å². The van der Waals surface area contributed by atoms with E-state index in [0.717, 1.165) is 12.1 Å². The number of ketones is 1. The van der Waals surface area contributed by atoms with Gasteiger partial charge in [-0.15, -0.1) is 0 Å². The minimum absolute atomic E-state index is 0.0886. The lowest BCUT2D eigenvalue weighted by molar-refractivity contribution is 0.0942. The Kier molecular flexibility index (Phi) is 4.24. The first-order chi connectivity index (χ1) is 7.63. The lowest BCUT2D eigenvalue weighted by Crippen LogP contribution is -2.13. The average molecular weight is 219 g/mol. The zero-order valence-corrected chi connectivity index (χ0v) is 10.0. The summed E-state index contributed by atoms with van der Waals surface area (Å²) in [5, 5.41) is 13.2. The van der Waals surface area contributed by atoms with Crippen molar-refractivity contribution in [3.8, 4) is 6.07 Å². The second-order valence-corrected chi connectivity index (χ2v) is 3.85. The maximum atomic E-state index is 12.1. The number of rotatable bonds is 5. The van der Waals surface area contributed by atoms with Gasteiger partial charge in [0.15, 0.2) is 5.78 Å². The summed E-state index contributed by atoms with van der Waals surface area (Å²) in [7, 11) is 1.79. The van der Waals surface area contributed by atoms with E-state index < -0.39 is 5.92 Å². The molecule has 4 nitrogen and oxygen atoms in total. The quantitative estimate of drug-likeness (QED) is 0.712. The molecule has 86 valence electrons. The van der Waals surface area contributed by atoms with Gasteiger partial charge in [-0.3, -0.25) is 9.48 Å². The fourth-order valence-corrected chi connectivity index (χ4v) is 1.73. The molecular formula is C12H17N3O. The Labute approximate surface area is 95.9 Å². The van der Waals surface area contributed by atoms with Gasteiger partial charge in [0.1, 0.15) is 5.92 Å². The SMILES string of the molecule is CCCC(C#N)C(=O)c1cn(C)nc1CC. The van der Waals surface area contributed by atoms with Gasteiger partial charge < -0.3 is 0 Å². The van der Waals surface area contributed by atoms with Crippen LogP contribution in [0, 0.1) is 17.2 Å². The maximum Gasteiger partial charge on any atom is 0.183 e. The van der Waals surface area contributed by atoms with Crippen LogP contribution < -0.4 is 0 Å². The predicted molar refractivity (Wildman–Crippen MR) is 60.9 cm³/mol. The van der Waals surface area contributed by atoms with Crippen LogP contribution in [0.2, 0.25) is 0 Å². The maximum absolute atomic E-state index is 12.1. The largest absolute Gasteiger partial charge is 0.293 e. The van der Waals surface area contributed by atoms with E-state index in [0.29, 0.717) is 18.4 Å². The Bertz CT molecular complexity index is 414. The minimum atomic E-state index is -0.528. The lowest BCUT2D eigenvalue weighted by atomic mass is 9.95. The molecule has 1 unspecified atom stereocenters. The second-order valence-electron chi connectivity index (χ2n) is 3.85. The van der Waals surface area contributed by atoms with Crippen LogP contribution in [0.1, 0.15) is 42.7 Å². The van der Waals surface area contributed by atoms with Crippen molar-refractivity contribution in [3.63, 3.8) is 0 Å². The fourth-order valence-electron chi connectivity index (χ4n) is 1.73. The van der Waals surface area contributed by atoms with Crippen molar-refractivity contribution < 1.29 is 4.79 Å². The molecule has 0 aliphatic heterocycles. The van der Waals surface area contributed by atoms with E-state index in [1.165, 1.54) is 0 Å². The number of hydrogen-bond acceptors (Lipinski definition) is 3. The summed E-state index contributed by atoms with van der Waals surface area (Å²) in [6.45, 7) is 3.93. The minimum Gasteiger partial charge on any atom is -0.293 e. The highest BCUT2D eigenvalue weighted by Gasteiger charge is 2.22. The highest BCUT2D eigenvalue weighted by Crippen LogP contribution is 2.16. The molecule has 0 saturated heterocycles. The van der Waals surface area contributed by atoms with Crippen LogP contribution >= 0.6 is 0 Å². The number of nitriles is 1. The van der Waals surface area contributed by atoms with E-state index in [1.54, 1.807) is 17.9 Å². The van der Waals surface area contributed by atoms with Crippen LogP contribution in [0.3, 0.4) is 0 Å². The van der Waals surface area contributed by atoms with Crippen molar-refractivity contribution in [2.45, 2.75) is 33.1 Å². The number of carbonyl (C=O) groups excluding carboxylic acids is 1. The Hall–Kier alpha value is -1.63. The summed E-state index contributed by atoms with van der Waals surface area (Å²) < 4.78 is 1.63. The molecule has 0 N–H and O–H groups in total. The molecule has 0 aromatic carbocycles. The first-order valence-electron chi connectivity index (χ1n) is 5.60. The topological polar surface area (TPSA) is 58.7 Å². The summed E-state index contributed by atoms with van der Waals surface area (Å²) >= 11 is 0. The molecule has 0 aliphatic rings. The smallest absolute Gasteiger partial charge is 0.183 e. The molecule has 0 amide bonds. The van der Waals surface area contributed by atoms with Crippen molar-refractivity contribution in [3.05, 3.63) is 17.5 Å². The molecule has 0 saturated carbocycles. The molecule has 0 aliphatic carbocycles. The van der Waals surface area contributed by atoms with E-state index in [-0.39, 0.29) is 5.78 Å². The molecule has 1 aromatic heterocycles. The van der Waals surface area contributed by atoms with Crippen LogP contribution in [-0.4, -0.2) is 15.6 Å². The number of aromatic nitrogens is 2. The molecule has 0 fully saturated rings. The number of aryl methyl sites for hydroxylation is 2. The van der Waals surface area contributed by atoms with Crippen LogP contribution in [0.4, 0.5) is 0 Å². The molecule has 0 radical (unpaired) electrons. The fraction of sp³-hybridized carbons (Fsp3) is 0.583. The van der Waals surface area contributed by atoms with Crippen molar-refractivity contribution >= 4 is 5.78 Å². The van der Waals surface area contributed by atoms with Gasteiger partial charge in [-0.25, -0.2) is 0 Å². The predicted octanol–water partition coefficient (Wildman–Crippen LogP) is 2.11. The third-order valence-electron chi connectivity index (χ3n) is 2.56. The number of carbonyl (C=O) groups is 1. The Morgan fingerprint density at radius 3 is 2.81 bits per heavy atom. The standard InChI is InChI=1S/C12H17N3O/c1-4-6-9(7-13)12(16)10-8-15(3)14-11(10)5-2/h8-9H,4-6H2,1-3H3. The first-order valence-corrected chi connectivity index (χ1v) is 5.60. The third kappa shape index (κ3) is 2.48. The molecule has 1 heterocycles. The summed E-state index contributed by atoms with van der Waals surface area (Å²) in [6.07, 6.45) is 3.88. The molecule has 4 heteroatoms. The molecular weight excluding hydrogens is 202 g/mol. The van der Waals surface area contributed by atoms with Crippen molar-refractivity contribution in [2.75, 3.05) is 0 Å². The third-order valence-corrected chi connectivity index (χ3v) is 2.56. The van der Waals surface area contributed by atoms with E-state index in [4.69, 9.17) is 5.26 Å². The highest BCUT2D eigenvalue weighted by molar-refractivity contribution is 6.00. The van der Waals surface area contributed by atoms with Gasteiger partial charge in [-0.05, 0) is 12.8 Å². The molecule has 0 bridgehead atoms. The number of nitrogens with zero attached hydrogens (tertiary/aromatic N) is 3. The molecule has 1 rings (SSSR count). The normalized spacial score (nSPS) is 12.1. The number of hydrogen-bond donors (Lipinski definition) is 0. The van der Waals surface area contributed by atoms with Crippen LogP contribution in [-0.2, 0) is 13.5 Å².